The molecule has 0 saturated carbocycles. The normalized spacial score (nSPS) is 12.0. The molecule has 4 aromatic rings. The molecule has 2 heterocycles. The second-order valence-corrected chi connectivity index (χ2v) is 8.52. The number of hydrogen-bond acceptors (Lipinski definition) is 8. The molecule has 0 bridgehead atoms. The zero-order chi connectivity index (χ0) is 23.9. The molecule has 34 heavy (non-hydrogen) atoms. The van der Waals surface area contributed by atoms with Gasteiger partial charge in [-0.15, -0.1) is 10.2 Å². The van der Waals surface area contributed by atoms with Crippen LogP contribution in [0.3, 0.4) is 0 Å². The molecule has 9 heteroatoms. The van der Waals surface area contributed by atoms with Gasteiger partial charge in [-0.25, -0.2) is 0 Å². The van der Waals surface area contributed by atoms with E-state index in [2.05, 4.69) is 10.2 Å². The van der Waals surface area contributed by atoms with Crippen molar-refractivity contribution in [3.8, 4) is 28.6 Å². The molecule has 0 aliphatic carbocycles. The van der Waals surface area contributed by atoms with Crippen LogP contribution in [0.25, 0.3) is 17.1 Å². The van der Waals surface area contributed by atoms with Crippen LogP contribution in [0.2, 0.25) is 0 Å². The zero-order valence-corrected chi connectivity index (χ0v) is 20.1. The van der Waals surface area contributed by atoms with Crippen LogP contribution in [0, 0.1) is 6.92 Å². The number of aromatic nitrogens is 3. The minimum atomic E-state index is -0.676. The van der Waals surface area contributed by atoms with Crippen molar-refractivity contribution in [1.29, 1.82) is 0 Å². The summed E-state index contributed by atoms with van der Waals surface area (Å²) in [7, 11) is 3.19. The van der Waals surface area contributed by atoms with E-state index >= 15 is 0 Å². The standard InChI is InChI=1S/C25H27N3O5S/c1-17-21(11-12-33-17)24-26-27-25(28(24)19-7-5-4-6-8-19)34-16-20(29)15-32-14-18-9-10-22(30-2)23(13-18)31-3/h4-13,20,29H,14-16H2,1-3H3. The second-order valence-electron chi connectivity index (χ2n) is 7.54. The Labute approximate surface area is 202 Å². The molecule has 0 spiro atoms. The molecule has 0 fully saturated rings. The maximum absolute atomic E-state index is 10.5. The summed E-state index contributed by atoms with van der Waals surface area (Å²) in [5.74, 6) is 3.17. The average Bonchev–Trinajstić information content (AvgIpc) is 3.48. The SMILES string of the molecule is COc1ccc(COCC(O)CSc2nnc(-c3ccoc3C)n2-c2ccccc2)cc1OC. The van der Waals surface area contributed by atoms with Gasteiger partial charge in [0, 0.05) is 11.4 Å². The fraction of sp³-hybridized carbons (Fsp3) is 0.280. The maximum atomic E-state index is 10.5. The first-order valence-corrected chi connectivity index (χ1v) is 11.7. The first-order chi connectivity index (χ1) is 16.6. The predicted molar refractivity (Wildman–Crippen MR) is 130 cm³/mol. The highest BCUT2D eigenvalue weighted by atomic mass is 32.2. The number of methoxy groups -OCH3 is 2. The van der Waals surface area contributed by atoms with Gasteiger partial charge in [0.15, 0.2) is 22.5 Å². The lowest BCUT2D eigenvalue weighted by Crippen LogP contribution is -2.18. The van der Waals surface area contributed by atoms with Crippen molar-refractivity contribution in [2.45, 2.75) is 24.8 Å². The Bertz CT molecular complexity index is 1210. The van der Waals surface area contributed by atoms with Crippen molar-refractivity contribution < 1.29 is 23.7 Å². The van der Waals surface area contributed by atoms with E-state index in [1.165, 1.54) is 11.8 Å². The minimum Gasteiger partial charge on any atom is -0.493 e. The molecule has 1 N–H and O–H groups in total. The van der Waals surface area contributed by atoms with E-state index in [0.717, 1.165) is 22.6 Å². The smallest absolute Gasteiger partial charge is 0.196 e. The van der Waals surface area contributed by atoms with Crippen LogP contribution in [0.15, 0.2) is 70.4 Å². The fourth-order valence-electron chi connectivity index (χ4n) is 3.47. The Kier molecular flexibility index (Phi) is 7.89. The summed E-state index contributed by atoms with van der Waals surface area (Å²) in [5, 5.41) is 20.0. The van der Waals surface area contributed by atoms with E-state index in [1.54, 1.807) is 20.5 Å². The highest BCUT2D eigenvalue weighted by molar-refractivity contribution is 7.99. The zero-order valence-electron chi connectivity index (χ0n) is 19.3. The first-order valence-electron chi connectivity index (χ1n) is 10.8. The number of thioether (sulfide) groups is 1. The number of aliphatic hydroxyl groups is 1. The molecule has 2 aromatic heterocycles. The molecular weight excluding hydrogens is 454 g/mol. The van der Waals surface area contributed by atoms with Crippen LogP contribution < -0.4 is 9.47 Å². The third-order valence-electron chi connectivity index (χ3n) is 5.18. The lowest BCUT2D eigenvalue weighted by molar-refractivity contribution is 0.0397. The van der Waals surface area contributed by atoms with E-state index < -0.39 is 6.10 Å². The van der Waals surface area contributed by atoms with Crippen LogP contribution in [0.5, 0.6) is 11.5 Å². The molecule has 0 aliphatic heterocycles. The number of nitrogens with zero attached hydrogens (tertiary/aromatic N) is 3. The van der Waals surface area contributed by atoms with Crippen molar-refractivity contribution in [3.05, 3.63) is 72.2 Å². The van der Waals surface area contributed by atoms with Crippen LogP contribution in [-0.4, -0.2) is 52.6 Å². The molecule has 1 atom stereocenters. The first kappa shape index (κ1) is 23.9. The highest BCUT2D eigenvalue weighted by Gasteiger charge is 2.20. The Morgan fingerprint density at radius 3 is 2.53 bits per heavy atom. The predicted octanol–water partition coefficient (Wildman–Crippen LogP) is 4.52. The third kappa shape index (κ3) is 5.44. The van der Waals surface area contributed by atoms with Crippen LogP contribution in [0.4, 0.5) is 0 Å². The molecule has 4 rings (SSSR count). The van der Waals surface area contributed by atoms with Gasteiger partial charge in [0.05, 0.1) is 45.4 Å². The van der Waals surface area contributed by atoms with Gasteiger partial charge in [0.1, 0.15) is 5.76 Å². The Balaban J connectivity index is 1.40. The maximum Gasteiger partial charge on any atom is 0.196 e. The largest absolute Gasteiger partial charge is 0.493 e. The van der Waals surface area contributed by atoms with Crippen LogP contribution in [0.1, 0.15) is 11.3 Å². The summed E-state index contributed by atoms with van der Waals surface area (Å²) in [4.78, 5) is 0. The lowest BCUT2D eigenvalue weighted by Gasteiger charge is -2.13. The fourth-order valence-corrected chi connectivity index (χ4v) is 4.32. The molecule has 178 valence electrons. The van der Waals surface area contributed by atoms with Gasteiger partial charge in [0.25, 0.3) is 0 Å². The van der Waals surface area contributed by atoms with Gasteiger partial charge >= 0.3 is 0 Å². The van der Waals surface area contributed by atoms with E-state index in [9.17, 15) is 5.11 Å². The monoisotopic (exact) mass is 481 g/mol. The molecule has 1 unspecified atom stereocenters. The number of hydrogen-bond donors (Lipinski definition) is 1. The quantitative estimate of drug-likeness (QED) is 0.313. The number of benzene rings is 2. The summed E-state index contributed by atoms with van der Waals surface area (Å²) in [6, 6.07) is 17.4. The van der Waals surface area contributed by atoms with Crippen molar-refractivity contribution in [1.82, 2.24) is 14.8 Å². The van der Waals surface area contributed by atoms with Crippen molar-refractivity contribution >= 4 is 11.8 Å². The molecule has 0 aliphatic rings. The number of aliphatic hydroxyl groups excluding tert-OH is 1. The van der Waals surface area contributed by atoms with E-state index in [1.807, 2.05) is 66.1 Å². The summed E-state index contributed by atoms with van der Waals surface area (Å²) < 4.78 is 23.7. The summed E-state index contributed by atoms with van der Waals surface area (Å²) in [5.41, 5.74) is 2.74. The molecule has 0 amide bonds. The number of rotatable bonds is 11. The van der Waals surface area contributed by atoms with Crippen molar-refractivity contribution in [2.24, 2.45) is 0 Å². The lowest BCUT2D eigenvalue weighted by atomic mass is 10.2. The number of furan rings is 1. The summed E-state index contributed by atoms with van der Waals surface area (Å²) in [6.45, 7) is 2.44. The van der Waals surface area contributed by atoms with Gasteiger partial charge in [-0.2, -0.15) is 0 Å². The Morgan fingerprint density at radius 2 is 1.82 bits per heavy atom. The molecule has 2 aromatic carbocycles. The highest BCUT2D eigenvalue weighted by Crippen LogP contribution is 2.31. The van der Waals surface area contributed by atoms with E-state index in [4.69, 9.17) is 18.6 Å². The van der Waals surface area contributed by atoms with Gasteiger partial charge < -0.3 is 23.7 Å². The van der Waals surface area contributed by atoms with Crippen molar-refractivity contribution in [2.75, 3.05) is 26.6 Å². The summed E-state index contributed by atoms with van der Waals surface area (Å²) in [6.07, 6.45) is 0.964. The molecule has 8 nitrogen and oxygen atoms in total. The van der Waals surface area contributed by atoms with Gasteiger partial charge in [-0.1, -0.05) is 36.0 Å². The minimum absolute atomic E-state index is 0.189. The average molecular weight is 482 g/mol. The second kappa shape index (κ2) is 11.2. The Hall–Kier alpha value is -3.27. The Morgan fingerprint density at radius 1 is 1.03 bits per heavy atom. The van der Waals surface area contributed by atoms with Crippen LogP contribution >= 0.6 is 11.8 Å². The third-order valence-corrected chi connectivity index (χ3v) is 6.25. The van der Waals surface area contributed by atoms with Crippen molar-refractivity contribution in [3.63, 3.8) is 0 Å². The van der Waals surface area contributed by atoms with Crippen LogP contribution in [-0.2, 0) is 11.3 Å². The van der Waals surface area contributed by atoms with E-state index in [-0.39, 0.29) is 6.61 Å². The number of ether oxygens (including phenoxy) is 3. The topological polar surface area (TPSA) is 91.8 Å². The van der Waals surface area contributed by atoms with Gasteiger partial charge in [0.2, 0.25) is 0 Å². The number of para-hydroxylation sites is 1. The molecular formula is C25H27N3O5S. The molecule has 0 saturated heterocycles. The number of aryl methyl sites for hydroxylation is 1. The van der Waals surface area contributed by atoms with Gasteiger partial charge in [-0.3, -0.25) is 4.57 Å². The molecule has 0 radical (unpaired) electrons. The van der Waals surface area contributed by atoms with Gasteiger partial charge in [-0.05, 0) is 42.8 Å². The summed E-state index contributed by atoms with van der Waals surface area (Å²) >= 11 is 1.42. The van der Waals surface area contributed by atoms with E-state index in [0.29, 0.717) is 34.8 Å².